The molecule has 0 aromatic heterocycles. The van der Waals surface area contributed by atoms with Crippen molar-refractivity contribution in [1.82, 2.24) is 0 Å². The van der Waals surface area contributed by atoms with Gasteiger partial charge >= 0.3 is 0 Å². The third-order valence-electron chi connectivity index (χ3n) is 1.88. The maximum Gasteiger partial charge on any atom is 0.184 e. The number of hydrogen-bond donors (Lipinski definition) is 0. The van der Waals surface area contributed by atoms with Crippen molar-refractivity contribution < 1.29 is 4.74 Å². The van der Waals surface area contributed by atoms with Gasteiger partial charge in [0.25, 0.3) is 0 Å². The van der Waals surface area contributed by atoms with Gasteiger partial charge in [0.1, 0.15) is 11.8 Å². The Morgan fingerprint density at radius 3 is 2.69 bits per heavy atom. The van der Waals surface area contributed by atoms with Crippen LogP contribution >= 0.6 is 0 Å². The number of rotatable bonds is 3. The summed E-state index contributed by atoms with van der Waals surface area (Å²) < 4.78 is 5.48. The van der Waals surface area contributed by atoms with Gasteiger partial charge < -0.3 is 4.74 Å². The largest absolute Gasteiger partial charge is 0.475 e. The van der Waals surface area contributed by atoms with Crippen LogP contribution in [0.1, 0.15) is 18.9 Å². The lowest BCUT2D eigenvalue weighted by atomic mass is 10.2. The first-order chi connectivity index (χ1) is 6.27. The van der Waals surface area contributed by atoms with Crippen LogP contribution in [-0.2, 0) is 0 Å². The van der Waals surface area contributed by atoms with Crippen LogP contribution in [0.3, 0.4) is 0 Å². The molecule has 1 unspecified atom stereocenters. The Labute approximate surface area is 78.8 Å². The summed E-state index contributed by atoms with van der Waals surface area (Å²) in [5.41, 5.74) is 1.07. The minimum Gasteiger partial charge on any atom is -0.475 e. The maximum atomic E-state index is 8.70. The number of benzene rings is 1. The summed E-state index contributed by atoms with van der Waals surface area (Å²) in [5, 5.41) is 8.70. The zero-order valence-electron chi connectivity index (χ0n) is 7.95. The van der Waals surface area contributed by atoms with E-state index in [-0.39, 0.29) is 6.10 Å². The van der Waals surface area contributed by atoms with Gasteiger partial charge in [-0.2, -0.15) is 5.26 Å². The summed E-state index contributed by atoms with van der Waals surface area (Å²) in [7, 11) is 0. The van der Waals surface area contributed by atoms with Gasteiger partial charge in [-0.25, -0.2) is 0 Å². The van der Waals surface area contributed by atoms with Gasteiger partial charge in [-0.05, 0) is 25.0 Å². The van der Waals surface area contributed by atoms with E-state index in [1.165, 1.54) is 0 Å². The number of nitrogens with zero attached hydrogens (tertiary/aromatic N) is 1. The van der Waals surface area contributed by atoms with E-state index in [2.05, 4.69) is 6.07 Å². The molecule has 0 aliphatic carbocycles. The Bertz CT molecular complexity index is 314. The number of ether oxygens (including phenoxy) is 1. The van der Waals surface area contributed by atoms with Crippen LogP contribution in [0.4, 0.5) is 0 Å². The Morgan fingerprint density at radius 1 is 1.46 bits per heavy atom. The van der Waals surface area contributed by atoms with Crippen molar-refractivity contribution >= 4 is 0 Å². The molecule has 0 fully saturated rings. The first kappa shape index (κ1) is 9.60. The number of aryl methyl sites for hydroxylation is 1. The summed E-state index contributed by atoms with van der Waals surface area (Å²) in [6.07, 6.45) is 0.381. The van der Waals surface area contributed by atoms with Crippen molar-refractivity contribution in [3.8, 4) is 11.8 Å². The Kier molecular flexibility index (Phi) is 3.33. The quantitative estimate of drug-likeness (QED) is 0.707. The Balaban J connectivity index is 2.74. The molecule has 0 bridgehead atoms. The van der Waals surface area contributed by atoms with Crippen molar-refractivity contribution in [3.05, 3.63) is 29.8 Å². The molecule has 1 atom stereocenters. The second kappa shape index (κ2) is 4.51. The van der Waals surface area contributed by atoms with Gasteiger partial charge in [-0.15, -0.1) is 0 Å². The molecule has 1 aromatic rings. The minimum absolute atomic E-state index is 0.332. The second-order valence-corrected chi connectivity index (χ2v) is 2.91. The molecule has 0 aliphatic rings. The summed E-state index contributed by atoms with van der Waals surface area (Å²) in [5.74, 6) is 0.802. The van der Waals surface area contributed by atoms with E-state index >= 15 is 0 Å². The Hall–Kier alpha value is -1.49. The molecule has 0 N–H and O–H groups in total. The van der Waals surface area contributed by atoms with Gasteiger partial charge in [-0.1, -0.05) is 25.1 Å². The smallest absolute Gasteiger partial charge is 0.184 e. The normalized spacial score (nSPS) is 11.8. The minimum atomic E-state index is -0.332. The third kappa shape index (κ3) is 2.48. The predicted molar refractivity (Wildman–Crippen MR) is 51.5 cm³/mol. The molecular formula is C11H13NO. The average molecular weight is 175 g/mol. The van der Waals surface area contributed by atoms with E-state index in [0.717, 1.165) is 11.3 Å². The first-order valence-corrected chi connectivity index (χ1v) is 4.39. The van der Waals surface area contributed by atoms with Crippen LogP contribution in [0.2, 0.25) is 0 Å². The molecule has 0 amide bonds. The van der Waals surface area contributed by atoms with Crippen molar-refractivity contribution in [2.24, 2.45) is 0 Å². The van der Waals surface area contributed by atoms with E-state index < -0.39 is 0 Å². The fraction of sp³-hybridized carbons (Fsp3) is 0.364. The van der Waals surface area contributed by atoms with Crippen LogP contribution in [-0.4, -0.2) is 6.10 Å². The molecule has 0 saturated heterocycles. The molecule has 2 heteroatoms. The lowest BCUT2D eigenvalue weighted by Gasteiger charge is -2.11. The number of nitriles is 1. The van der Waals surface area contributed by atoms with Gasteiger partial charge in [0.05, 0.1) is 0 Å². The van der Waals surface area contributed by atoms with E-state index in [1.807, 2.05) is 38.1 Å². The molecule has 1 rings (SSSR count). The first-order valence-electron chi connectivity index (χ1n) is 4.39. The molecule has 0 spiro atoms. The lowest BCUT2D eigenvalue weighted by molar-refractivity contribution is 0.250. The maximum absolute atomic E-state index is 8.70. The summed E-state index contributed by atoms with van der Waals surface area (Å²) >= 11 is 0. The number of hydrogen-bond acceptors (Lipinski definition) is 2. The zero-order valence-corrected chi connectivity index (χ0v) is 7.95. The van der Waals surface area contributed by atoms with E-state index in [9.17, 15) is 0 Å². The molecule has 0 heterocycles. The predicted octanol–water partition coefficient (Wildman–Crippen LogP) is 2.68. The van der Waals surface area contributed by atoms with Crippen LogP contribution in [0, 0.1) is 18.3 Å². The zero-order chi connectivity index (χ0) is 9.68. The second-order valence-electron chi connectivity index (χ2n) is 2.91. The summed E-state index contributed by atoms with van der Waals surface area (Å²) in [6.45, 7) is 3.91. The molecule has 13 heavy (non-hydrogen) atoms. The molecule has 1 aromatic carbocycles. The van der Waals surface area contributed by atoms with Crippen molar-refractivity contribution in [1.29, 1.82) is 5.26 Å². The Morgan fingerprint density at radius 2 is 2.15 bits per heavy atom. The number of para-hydroxylation sites is 1. The topological polar surface area (TPSA) is 33.0 Å². The highest BCUT2D eigenvalue weighted by atomic mass is 16.5. The summed E-state index contributed by atoms with van der Waals surface area (Å²) in [6, 6.07) is 9.82. The average Bonchev–Trinajstić information content (AvgIpc) is 2.17. The lowest BCUT2D eigenvalue weighted by Crippen LogP contribution is -2.12. The van der Waals surface area contributed by atoms with E-state index in [1.54, 1.807) is 0 Å². The molecular weight excluding hydrogens is 162 g/mol. The molecule has 68 valence electrons. The van der Waals surface area contributed by atoms with Crippen molar-refractivity contribution in [3.63, 3.8) is 0 Å². The van der Waals surface area contributed by atoms with Gasteiger partial charge in [0.2, 0.25) is 0 Å². The fourth-order valence-electron chi connectivity index (χ4n) is 1.04. The van der Waals surface area contributed by atoms with Crippen molar-refractivity contribution in [2.75, 3.05) is 0 Å². The summed E-state index contributed by atoms with van der Waals surface area (Å²) in [4.78, 5) is 0. The van der Waals surface area contributed by atoms with E-state index in [0.29, 0.717) is 6.42 Å². The highest BCUT2D eigenvalue weighted by Gasteiger charge is 2.06. The van der Waals surface area contributed by atoms with Crippen LogP contribution < -0.4 is 4.74 Å². The van der Waals surface area contributed by atoms with Crippen LogP contribution in [0.25, 0.3) is 0 Å². The van der Waals surface area contributed by atoms with Crippen LogP contribution in [0.15, 0.2) is 24.3 Å². The van der Waals surface area contributed by atoms with Gasteiger partial charge in [-0.3, -0.25) is 0 Å². The highest BCUT2D eigenvalue weighted by molar-refractivity contribution is 5.32. The molecule has 0 radical (unpaired) electrons. The standard InChI is InChI=1S/C11H13NO/c1-3-10(8-12)13-11-7-5-4-6-9(11)2/h4-7,10H,3H2,1-2H3. The van der Waals surface area contributed by atoms with E-state index in [4.69, 9.17) is 10.00 Å². The molecule has 0 saturated carbocycles. The molecule has 2 nitrogen and oxygen atoms in total. The fourth-order valence-corrected chi connectivity index (χ4v) is 1.04. The van der Waals surface area contributed by atoms with Crippen molar-refractivity contribution in [2.45, 2.75) is 26.4 Å². The third-order valence-corrected chi connectivity index (χ3v) is 1.88. The molecule has 0 aliphatic heterocycles. The van der Waals surface area contributed by atoms with Gasteiger partial charge in [0, 0.05) is 0 Å². The van der Waals surface area contributed by atoms with Gasteiger partial charge in [0.15, 0.2) is 6.10 Å². The SMILES string of the molecule is CCC(C#N)Oc1ccccc1C. The highest BCUT2D eigenvalue weighted by Crippen LogP contribution is 2.18. The van der Waals surface area contributed by atoms with Crippen LogP contribution in [0.5, 0.6) is 5.75 Å². The monoisotopic (exact) mass is 175 g/mol.